The van der Waals surface area contributed by atoms with Crippen molar-refractivity contribution in [1.82, 2.24) is 4.72 Å². The predicted molar refractivity (Wildman–Crippen MR) is 132 cm³/mol. The first-order chi connectivity index (χ1) is 16.2. The van der Waals surface area contributed by atoms with Crippen molar-refractivity contribution < 1.29 is 22.7 Å². The van der Waals surface area contributed by atoms with Crippen LogP contribution in [0, 0.1) is 5.82 Å². The molecule has 0 aromatic heterocycles. The highest BCUT2D eigenvalue weighted by Crippen LogP contribution is 2.25. The summed E-state index contributed by atoms with van der Waals surface area (Å²) in [5, 5.41) is 12.4. The largest absolute Gasteiger partial charge is 0.478 e. The van der Waals surface area contributed by atoms with E-state index >= 15 is 0 Å². The number of nitrogens with one attached hydrogen (secondary N) is 2. The summed E-state index contributed by atoms with van der Waals surface area (Å²) in [7, 11) is -3.86. The van der Waals surface area contributed by atoms with Crippen molar-refractivity contribution in [3.8, 4) is 0 Å². The normalized spacial score (nSPS) is 12.3. The Bertz CT molecular complexity index is 1270. The van der Waals surface area contributed by atoms with Crippen LogP contribution < -0.4 is 10.0 Å². The van der Waals surface area contributed by atoms with E-state index in [1.165, 1.54) is 30.3 Å². The molecule has 0 fully saturated rings. The summed E-state index contributed by atoms with van der Waals surface area (Å²) in [5.74, 6) is -1.44. The van der Waals surface area contributed by atoms with Crippen LogP contribution in [0.15, 0.2) is 71.6 Å². The standard InChI is InChI=1S/C24H23Cl2FN2O4S/c25-11-10-18(15-28-23-7-2-1-6-20(23)24(30)31)17-4-3-5-19(13-17)34(32,33)29-14-16-8-9-22(27)21(26)12-16/h1-9,12-13,18,28-29H,10-11,14-15H2,(H,30,31). The molecule has 10 heteroatoms. The number of hydrogen-bond donors (Lipinski definition) is 3. The number of carbonyl (C=O) groups is 1. The van der Waals surface area contributed by atoms with Gasteiger partial charge in [0.25, 0.3) is 0 Å². The summed E-state index contributed by atoms with van der Waals surface area (Å²) in [6.07, 6.45) is 0.550. The lowest BCUT2D eigenvalue weighted by molar-refractivity contribution is 0.0698. The van der Waals surface area contributed by atoms with Gasteiger partial charge in [0, 0.05) is 30.6 Å². The first kappa shape index (κ1) is 26.0. The molecule has 0 heterocycles. The average Bonchev–Trinajstić information content (AvgIpc) is 2.82. The zero-order valence-corrected chi connectivity index (χ0v) is 20.3. The van der Waals surface area contributed by atoms with E-state index < -0.39 is 21.8 Å². The SMILES string of the molecule is O=C(O)c1ccccc1NCC(CCCl)c1cccc(S(=O)(=O)NCc2ccc(F)c(Cl)c2)c1. The minimum absolute atomic E-state index is 0.0504. The summed E-state index contributed by atoms with van der Waals surface area (Å²) >= 11 is 11.8. The van der Waals surface area contributed by atoms with Gasteiger partial charge in [0.05, 0.1) is 15.5 Å². The molecule has 3 aromatic carbocycles. The monoisotopic (exact) mass is 524 g/mol. The lowest BCUT2D eigenvalue weighted by atomic mass is 9.96. The van der Waals surface area contributed by atoms with Gasteiger partial charge in [-0.3, -0.25) is 0 Å². The van der Waals surface area contributed by atoms with Crippen LogP contribution in [0.3, 0.4) is 0 Å². The molecule has 180 valence electrons. The topological polar surface area (TPSA) is 95.5 Å². The maximum atomic E-state index is 13.3. The van der Waals surface area contributed by atoms with Gasteiger partial charge in [0.15, 0.2) is 0 Å². The van der Waals surface area contributed by atoms with Crippen molar-refractivity contribution in [1.29, 1.82) is 0 Å². The number of anilines is 1. The average molecular weight is 525 g/mol. The van der Waals surface area contributed by atoms with Crippen LogP contribution in [0.1, 0.15) is 33.8 Å². The number of halogens is 3. The first-order valence-electron chi connectivity index (χ1n) is 10.4. The van der Waals surface area contributed by atoms with Crippen molar-refractivity contribution in [2.24, 2.45) is 0 Å². The quantitative estimate of drug-likeness (QED) is 0.288. The Hall–Kier alpha value is -2.65. The van der Waals surface area contributed by atoms with Crippen LogP contribution in [0.4, 0.5) is 10.1 Å². The number of carboxylic acids is 1. The van der Waals surface area contributed by atoms with E-state index in [-0.39, 0.29) is 27.9 Å². The van der Waals surface area contributed by atoms with Crippen LogP contribution >= 0.6 is 23.2 Å². The van der Waals surface area contributed by atoms with Gasteiger partial charge in [0.1, 0.15) is 5.82 Å². The van der Waals surface area contributed by atoms with E-state index in [1.54, 1.807) is 36.4 Å². The maximum absolute atomic E-state index is 13.3. The summed E-state index contributed by atoms with van der Waals surface area (Å²) in [6, 6.07) is 17.1. The lowest BCUT2D eigenvalue weighted by Crippen LogP contribution is -2.23. The predicted octanol–water partition coefficient (Wildman–Crippen LogP) is 5.48. The smallest absolute Gasteiger partial charge is 0.337 e. The number of alkyl halides is 1. The summed E-state index contributed by atoms with van der Waals surface area (Å²) in [4.78, 5) is 11.5. The van der Waals surface area contributed by atoms with Gasteiger partial charge >= 0.3 is 5.97 Å². The number of aromatic carboxylic acids is 1. The molecule has 0 aliphatic carbocycles. The van der Waals surface area contributed by atoms with Crippen molar-refractivity contribution in [3.05, 3.63) is 94.3 Å². The second kappa shape index (κ2) is 11.7. The molecule has 3 aromatic rings. The summed E-state index contributed by atoms with van der Waals surface area (Å²) in [5.41, 5.74) is 1.88. The molecule has 6 nitrogen and oxygen atoms in total. The fraction of sp³-hybridized carbons (Fsp3) is 0.208. The molecule has 34 heavy (non-hydrogen) atoms. The Morgan fingerprint density at radius 2 is 1.82 bits per heavy atom. The van der Waals surface area contributed by atoms with Crippen molar-refractivity contribution in [2.45, 2.75) is 23.8 Å². The highest BCUT2D eigenvalue weighted by molar-refractivity contribution is 7.89. The molecule has 0 aliphatic rings. The Balaban J connectivity index is 1.76. The summed E-state index contributed by atoms with van der Waals surface area (Å²) in [6.45, 7) is 0.313. The molecule has 0 bridgehead atoms. The third kappa shape index (κ3) is 6.70. The zero-order valence-electron chi connectivity index (χ0n) is 18.0. The molecular weight excluding hydrogens is 502 g/mol. The summed E-state index contributed by atoms with van der Waals surface area (Å²) < 4.78 is 41.6. The number of sulfonamides is 1. The van der Waals surface area contributed by atoms with Gasteiger partial charge in [0.2, 0.25) is 10.0 Å². The maximum Gasteiger partial charge on any atom is 0.337 e. The second-order valence-corrected chi connectivity index (χ2v) is 10.1. The van der Waals surface area contributed by atoms with Gasteiger partial charge in [-0.25, -0.2) is 22.3 Å². The van der Waals surface area contributed by atoms with Crippen molar-refractivity contribution in [3.63, 3.8) is 0 Å². The number of benzene rings is 3. The minimum Gasteiger partial charge on any atom is -0.478 e. The van der Waals surface area contributed by atoms with Crippen LogP contribution in [-0.2, 0) is 16.6 Å². The highest BCUT2D eigenvalue weighted by atomic mass is 35.5. The molecule has 0 spiro atoms. The van der Waals surface area contributed by atoms with Gasteiger partial charge in [-0.05, 0) is 53.9 Å². The Morgan fingerprint density at radius 3 is 2.53 bits per heavy atom. The lowest BCUT2D eigenvalue weighted by Gasteiger charge is -2.19. The van der Waals surface area contributed by atoms with E-state index in [1.807, 2.05) is 0 Å². The van der Waals surface area contributed by atoms with E-state index in [0.29, 0.717) is 30.1 Å². The third-order valence-corrected chi connectivity index (χ3v) is 7.15. The molecule has 1 unspecified atom stereocenters. The Labute approximate surface area is 207 Å². The van der Waals surface area contributed by atoms with Crippen molar-refractivity contribution >= 4 is 44.9 Å². The Kier molecular flexibility index (Phi) is 8.90. The number of rotatable bonds is 11. The molecule has 0 aliphatic heterocycles. The fourth-order valence-electron chi connectivity index (χ4n) is 3.42. The zero-order chi connectivity index (χ0) is 24.7. The van der Waals surface area contributed by atoms with Crippen LogP contribution in [0.25, 0.3) is 0 Å². The van der Waals surface area contributed by atoms with E-state index in [9.17, 15) is 22.7 Å². The van der Waals surface area contributed by atoms with E-state index in [2.05, 4.69) is 10.0 Å². The number of carboxylic acid groups (broad SMARTS) is 1. The third-order valence-electron chi connectivity index (χ3n) is 5.24. The van der Waals surface area contributed by atoms with Gasteiger partial charge in [-0.2, -0.15) is 0 Å². The molecule has 0 radical (unpaired) electrons. The first-order valence-corrected chi connectivity index (χ1v) is 12.8. The van der Waals surface area contributed by atoms with Gasteiger partial charge in [-0.15, -0.1) is 11.6 Å². The van der Waals surface area contributed by atoms with Crippen LogP contribution in [0.2, 0.25) is 5.02 Å². The van der Waals surface area contributed by atoms with Crippen LogP contribution in [-0.4, -0.2) is 31.9 Å². The van der Waals surface area contributed by atoms with Gasteiger partial charge < -0.3 is 10.4 Å². The van der Waals surface area contributed by atoms with Gasteiger partial charge in [-0.1, -0.05) is 41.9 Å². The highest BCUT2D eigenvalue weighted by Gasteiger charge is 2.19. The van der Waals surface area contributed by atoms with E-state index in [0.717, 1.165) is 5.56 Å². The second-order valence-electron chi connectivity index (χ2n) is 7.55. The Morgan fingerprint density at radius 1 is 1.06 bits per heavy atom. The molecular formula is C24H23Cl2FN2O4S. The fourth-order valence-corrected chi connectivity index (χ4v) is 4.96. The van der Waals surface area contributed by atoms with Crippen LogP contribution in [0.5, 0.6) is 0 Å². The molecule has 3 N–H and O–H groups in total. The minimum atomic E-state index is -3.86. The molecule has 0 saturated heterocycles. The molecule has 0 amide bonds. The van der Waals surface area contributed by atoms with E-state index in [4.69, 9.17) is 23.2 Å². The number of hydrogen-bond acceptors (Lipinski definition) is 4. The van der Waals surface area contributed by atoms with Crippen molar-refractivity contribution in [2.75, 3.05) is 17.7 Å². The molecule has 1 atom stereocenters. The number of para-hydroxylation sites is 1. The molecule has 3 rings (SSSR count). The molecule has 0 saturated carbocycles.